The third-order valence-electron chi connectivity index (χ3n) is 1.88. The van der Waals surface area contributed by atoms with Crippen molar-refractivity contribution in [3.8, 4) is 0 Å². The van der Waals surface area contributed by atoms with Gasteiger partial charge in [-0.1, -0.05) is 12.1 Å². The number of aryl methyl sites for hydroxylation is 1. The highest BCUT2D eigenvalue weighted by atomic mass is 15.3. The van der Waals surface area contributed by atoms with Gasteiger partial charge in [0.25, 0.3) is 0 Å². The summed E-state index contributed by atoms with van der Waals surface area (Å²) in [6, 6.07) is 5.93. The van der Waals surface area contributed by atoms with E-state index in [1.54, 1.807) is 12.4 Å². The van der Waals surface area contributed by atoms with Crippen LogP contribution in [0.2, 0.25) is 0 Å². The van der Waals surface area contributed by atoms with E-state index in [1.165, 1.54) is 0 Å². The first-order chi connectivity index (χ1) is 7.38. The maximum absolute atomic E-state index is 3.98. The Morgan fingerprint density at radius 3 is 2.40 bits per heavy atom. The summed E-state index contributed by atoms with van der Waals surface area (Å²) in [5, 5.41) is 19.8. The van der Waals surface area contributed by atoms with Crippen molar-refractivity contribution in [3.05, 3.63) is 36.2 Å². The van der Waals surface area contributed by atoms with Crippen LogP contribution >= 0.6 is 0 Å². The number of rotatable bonds is 0. The Bertz CT molecular complexity index is 495. The third kappa shape index (κ3) is 2.16. The molecule has 2 heterocycles. The van der Waals surface area contributed by atoms with Gasteiger partial charge in [0.15, 0.2) is 0 Å². The molecule has 6 heteroatoms. The SMILES string of the molecule is Cc1cccc2n[nH]nc12.c1cn[nH]n1. The Morgan fingerprint density at radius 2 is 1.80 bits per heavy atom. The maximum atomic E-state index is 3.98. The van der Waals surface area contributed by atoms with E-state index in [0.29, 0.717) is 0 Å². The van der Waals surface area contributed by atoms with Crippen molar-refractivity contribution in [1.29, 1.82) is 0 Å². The number of nitrogens with zero attached hydrogens (tertiary/aromatic N) is 4. The largest absolute Gasteiger partial charge is 0.198 e. The number of hydrogen-bond acceptors (Lipinski definition) is 4. The van der Waals surface area contributed by atoms with Gasteiger partial charge in [-0.15, -0.1) is 0 Å². The van der Waals surface area contributed by atoms with Gasteiger partial charge in [0.2, 0.25) is 0 Å². The third-order valence-corrected chi connectivity index (χ3v) is 1.88. The fourth-order valence-corrected chi connectivity index (χ4v) is 1.17. The highest BCUT2D eigenvalue weighted by molar-refractivity contribution is 5.76. The number of benzene rings is 1. The van der Waals surface area contributed by atoms with Gasteiger partial charge in [-0.3, -0.25) is 0 Å². The normalized spacial score (nSPS) is 9.67. The molecular weight excluding hydrogens is 192 g/mol. The van der Waals surface area contributed by atoms with E-state index in [1.807, 2.05) is 25.1 Å². The summed E-state index contributed by atoms with van der Waals surface area (Å²) in [4.78, 5) is 0. The Morgan fingerprint density at radius 1 is 1.00 bits per heavy atom. The van der Waals surface area contributed by atoms with E-state index in [-0.39, 0.29) is 0 Å². The number of para-hydroxylation sites is 1. The van der Waals surface area contributed by atoms with Crippen molar-refractivity contribution in [2.75, 3.05) is 0 Å². The van der Waals surface area contributed by atoms with Crippen LogP contribution in [0.5, 0.6) is 0 Å². The molecule has 6 nitrogen and oxygen atoms in total. The van der Waals surface area contributed by atoms with Crippen LogP contribution in [0.1, 0.15) is 5.56 Å². The Kier molecular flexibility index (Phi) is 2.68. The van der Waals surface area contributed by atoms with E-state index in [9.17, 15) is 0 Å². The fraction of sp³-hybridized carbons (Fsp3) is 0.111. The minimum Gasteiger partial charge on any atom is -0.198 e. The molecule has 0 aliphatic heterocycles. The summed E-state index contributed by atoms with van der Waals surface area (Å²) < 4.78 is 0. The van der Waals surface area contributed by atoms with Gasteiger partial charge in [0, 0.05) is 0 Å². The summed E-state index contributed by atoms with van der Waals surface area (Å²) in [5.41, 5.74) is 3.05. The molecule has 0 spiro atoms. The van der Waals surface area contributed by atoms with Crippen molar-refractivity contribution in [1.82, 2.24) is 30.8 Å². The van der Waals surface area contributed by atoms with Crippen molar-refractivity contribution < 1.29 is 0 Å². The van der Waals surface area contributed by atoms with Gasteiger partial charge in [-0.05, 0) is 18.6 Å². The summed E-state index contributed by atoms with van der Waals surface area (Å²) in [6.07, 6.45) is 3.17. The second-order valence-electron chi connectivity index (χ2n) is 2.92. The Hall–Kier alpha value is -2.24. The van der Waals surface area contributed by atoms with E-state index in [2.05, 4.69) is 30.8 Å². The molecule has 0 bridgehead atoms. The lowest BCUT2D eigenvalue weighted by atomic mass is 10.2. The van der Waals surface area contributed by atoms with Crippen molar-refractivity contribution >= 4 is 11.0 Å². The summed E-state index contributed by atoms with van der Waals surface area (Å²) >= 11 is 0. The van der Waals surface area contributed by atoms with Crippen LogP contribution < -0.4 is 0 Å². The van der Waals surface area contributed by atoms with E-state index < -0.39 is 0 Å². The molecule has 0 aliphatic rings. The van der Waals surface area contributed by atoms with Crippen molar-refractivity contribution in [2.45, 2.75) is 6.92 Å². The number of nitrogens with one attached hydrogen (secondary N) is 2. The maximum Gasteiger partial charge on any atom is 0.115 e. The quantitative estimate of drug-likeness (QED) is 0.571. The smallest absolute Gasteiger partial charge is 0.115 e. The lowest BCUT2D eigenvalue weighted by Gasteiger charge is -1.88. The highest BCUT2D eigenvalue weighted by Gasteiger charge is 1.97. The Labute approximate surface area is 85.7 Å². The van der Waals surface area contributed by atoms with Crippen LogP contribution in [0, 0.1) is 6.92 Å². The number of H-pyrrole nitrogens is 2. The molecule has 3 rings (SSSR count). The van der Waals surface area contributed by atoms with Gasteiger partial charge in [-0.2, -0.15) is 30.8 Å². The molecule has 0 radical (unpaired) electrons. The molecule has 0 saturated heterocycles. The molecule has 2 aromatic heterocycles. The van der Waals surface area contributed by atoms with E-state index in [4.69, 9.17) is 0 Å². The predicted octanol–water partition coefficient (Wildman–Crippen LogP) is 1.07. The number of aromatic amines is 2. The zero-order valence-electron chi connectivity index (χ0n) is 8.18. The van der Waals surface area contributed by atoms with Gasteiger partial charge in [0.1, 0.15) is 11.0 Å². The zero-order chi connectivity index (χ0) is 10.5. The second kappa shape index (κ2) is 4.32. The molecule has 15 heavy (non-hydrogen) atoms. The van der Waals surface area contributed by atoms with E-state index >= 15 is 0 Å². The molecule has 0 fully saturated rings. The van der Waals surface area contributed by atoms with Crippen LogP contribution in [-0.2, 0) is 0 Å². The first kappa shape index (κ1) is 9.32. The first-order valence-electron chi connectivity index (χ1n) is 4.44. The molecule has 0 aliphatic carbocycles. The Balaban J connectivity index is 0.000000144. The molecule has 1 aromatic carbocycles. The number of aromatic nitrogens is 6. The van der Waals surface area contributed by atoms with Crippen LogP contribution in [0.4, 0.5) is 0 Å². The standard InChI is InChI=1S/C7H7N3.C2H3N3/c1-5-3-2-4-6-7(5)9-10-8-6;1-2-4-5-3-1/h2-4H,1H3,(H,8,9,10);1-2H,(H,3,4,5). The number of fused-ring (bicyclic) bond motifs is 1. The molecule has 0 amide bonds. The van der Waals surface area contributed by atoms with Crippen molar-refractivity contribution in [2.24, 2.45) is 0 Å². The van der Waals surface area contributed by atoms with Crippen LogP contribution in [-0.4, -0.2) is 30.8 Å². The van der Waals surface area contributed by atoms with Crippen LogP contribution in [0.15, 0.2) is 30.6 Å². The monoisotopic (exact) mass is 202 g/mol. The summed E-state index contributed by atoms with van der Waals surface area (Å²) in [5.74, 6) is 0. The van der Waals surface area contributed by atoms with Crippen molar-refractivity contribution in [3.63, 3.8) is 0 Å². The minimum atomic E-state index is 0.931. The zero-order valence-corrected chi connectivity index (χ0v) is 8.18. The highest BCUT2D eigenvalue weighted by Crippen LogP contribution is 2.10. The average Bonchev–Trinajstić information content (AvgIpc) is 2.93. The number of hydrogen-bond donors (Lipinski definition) is 2. The van der Waals surface area contributed by atoms with E-state index in [0.717, 1.165) is 16.6 Å². The first-order valence-corrected chi connectivity index (χ1v) is 4.44. The molecule has 2 N–H and O–H groups in total. The molecule has 0 unspecified atom stereocenters. The van der Waals surface area contributed by atoms with Crippen LogP contribution in [0.25, 0.3) is 11.0 Å². The average molecular weight is 202 g/mol. The summed E-state index contributed by atoms with van der Waals surface area (Å²) in [6.45, 7) is 2.02. The van der Waals surface area contributed by atoms with Gasteiger partial charge < -0.3 is 0 Å². The van der Waals surface area contributed by atoms with Gasteiger partial charge >= 0.3 is 0 Å². The van der Waals surface area contributed by atoms with Gasteiger partial charge in [0.05, 0.1) is 12.4 Å². The van der Waals surface area contributed by atoms with Gasteiger partial charge in [-0.25, -0.2) is 0 Å². The molecule has 0 atom stereocenters. The lowest BCUT2D eigenvalue weighted by Crippen LogP contribution is -1.73. The minimum absolute atomic E-state index is 0.931. The lowest BCUT2D eigenvalue weighted by molar-refractivity contribution is 0.940. The summed E-state index contributed by atoms with van der Waals surface area (Å²) in [7, 11) is 0. The fourth-order valence-electron chi connectivity index (χ4n) is 1.17. The predicted molar refractivity (Wildman–Crippen MR) is 55.0 cm³/mol. The molecule has 0 saturated carbocycles. The molecule has 3 aromatic rings. The molecule has 76 valence electrons. The molecular formula is C9H10N6. The topological polar surface area (TPSA) is 83.1 Å². The second-order valence-corrected chi connectivity index (χ2v) is 2.92. The van der Waals surface area contributed by atoms with Crippen LogP contribution in [0.3, 0.4) is 0 Å².